The summed E-state index contributed by atoms with van der Waals surface area (Å²) in [5, 5.41) is 20.6. The molecule has 0 aromatic heterocycles. The van der Waals surface area contributed by atoms with Gasteiger partial charge < -0.3 is 5.11 Å². The Morgan fingerprint density at radius 2 is 2.11 bits per heavy atom. The largest absolute Gasteiger partial charge is 0.385 e. The molecule has 0 aliphatic carbocycles. The third-order valence-corrected chi connectivity index (χ3v) is 8.61. The molecule has 0 aliphatic heterocycles. The van der Waals surface area contributed by atoms with E-state index in [0.29, 0.717) is 0 Å². The van der Waals surface area contributed by atoms with E-state index in [4.69, 9.17) is 0 Å². The summed E-state index contributed by atoms with van der Waals surface area (Å²) >= 11 is 4.49. The Morgan fingerprint density at radius 3 is 2.56 bits per heavy atom. The van der Waals surface area contributed by atoms with Crippen molar-refractivity contribution in [1.29, 1.82) is 0 Å². The minimum Gasteiger partial charge on any atom is -0.385 e. The van der Waals surface area contributed by atoms with Crippen LogP contribution in [0.2, 0.25) is 0 Å². The van der Waals surface area contributed by atoms with Crippen molar-refractivity contribution in [3.05, 3.63) is 39.9 Å². The van der Waals surface area contributed by atoms with Gasteiger partial charge >= 0.3 is 0 Å². The van der Waals surface area contributed by atoms with Crippen LogP contribution in [0.25, 0.3) is 0 Å². The van der Waals surface area contributed by atoms with Crippen LogP contribution in [0.15, 0.2) is 24.3 Å². The summed E-state index contributed by atoms with van der Waals surface area (Å²) in [5.41, 5.74) is -0.0550. The standard InChI is InChI=1S/C9H9BrINO5S/c1-18(16,17)9(10,11)8(13)6-3-2-4-7(5-6)12(14)15/h2-5,8,13H,1H3/t8-,9-/m1/s1. The molecule has 1 rings (SSSR count). The van der Waals surface area contributed by atoms with Crippen molar-refractivity contribution < 1.29 is 18.4 Å². The molecule has 1 aromatic rings. The van der Waals surface area contributed by atoms with Gasteiger partial charge in [0.05, 0.1) is 4.92 Å². The Balaban J connectivity index is 3.23. The number of rotatable bonds is 4. The predicted octanol–water partition coefficient (Wildman–Crippen LogP) is 2.16. The zero-order valence-corrected chi connectivity index (χ0v) is 13.6. The van der Waals surface area contributed by atoms with Crippen LogP contribution in [-0.4, -0.2) is 26.4 Å². The first-order valence-electron chi connectivity index (χ1n) is 4.57. The highest BCUT2D eigenvalue weighted by atomic mass is 127. The van der Waals surface area contributed by atoms with Gasteiger partial charge in [0.2, 0.25) is 1.66 Å². The van der Waals surface area contributed by atoms with E-state index in [2.05, 4.69) is 15.9 Å². The summed E-state index contributed by atoms with van der Waals surface area (Å²) in [4.78, 5) is 10.0. The molecule has 0 heterocycles. The van der Waals surface area contributed by atoms with E-state index in [1.54, 1.807) is 22.6 Å². The Morgan fingerprint density at radius 1 is 1.56 bits per heavy atom. The number of aliphatic hydroxyl groups is 1. The average molecular weight is 450 g/mol. The lowest BCUT2D eigenvalue weighted by molar-refractivity contribution is -0.385. The lowest BCUT2D eigenvalue weighted by atomic mass is 10.1. The maximum Gasteiger partial charge on any atom is 0.269 e. The van der Waals surface area contributed by atoms with Crippen LogP contribution in [0, 0.1) is 10.1 Å². The summed E-state index contributed by atoms with van der Waals surface area (Å²) < 4.78 is 21.4. The van der Waals surface area contributed by atoms with E-state index < -0.39 is 22.5 Å². The molecular formula is C9H9BrINO5S. The Bertz CT molecular complexity index is 574. The SMILES string of the molecule is CS(=O)(=O)[C@](Br)(I)[C@H](O)c1cccc([N+](=O)[O-])c1. The van der Waals surface area contributed by atoms with E-state index >= 15 is 0 Å². The monoisotopic (exact) mass is 449 g/mol. The fraction of sp³-hybridized carbons (Fsp3) is 0.333. The van der Waals surface area contributed by atoms with Crippen LogP contribution in [0.5, 0.6) is 0 Å². The number of hydrogen-bond donors (Lipinski definition) is 1. The Labute approximate surface area is 126 Å². The zero-order valence-electron chi connectivity index (χ0n) is 9.08. The maximum absolute atomic E-state index is 11.5. The highest BCUT2D eigenvalue weighted by molar-refractivity contribution is 14.1. The second-order valence-electron chi connectivity index (χ2n) is 3.59. The quantitative estimate of drug-likeness (QED) is 0.328. The van der Waals surface area contributed by atoms with Crippen LogP contribution in [0.1, 0.15) is 11.7 Å². The van der Waals surface area contributed by atoms with Crippen LogP contribution >= 0.6 is 38.5 Å². The highest BCUT2D eigenvalue weighted by Crippen LogP contribution is 2.44. The smallest absolute Gasteiger partial charge is 0.269 e. The van der Waals surface area contributed by atoms with Gasteiger partial charge in [-0.3, -0.25) is 10.1 Å². The molecule has 2 atom stereocenters. The summed E-state index contributed by atoms with van der Waals surface area (Å²) in [6.07, 6.45) is -0.456. The fourth-order valence-corrected chi connectivity index (χ4v) is 2.37. The Hall–Kier alpha value is -0.260. The number of alkyl halides is 2. The highest BCUT2D eigenvalue weighted by Gasteiger charge is 2.43. The molecule has 0 spiro atoms. The van der Waals surface area contributed by atoms with E-state index in [0.717, 1.165) is 12.3 Å². The minimum atomic E-state index is -3.60. The first-order chi connectivity index (χ1) is 8.07. The molecule has 1 aromatic carbocycles. The van der Waals surface area contributed by atoms with Crippen molar-refractivity contribution in [2.75, 3.05) is 6.26 Å². The normalized spacial score (nSPS) is 16.9. The van der Waals surface area contributed by atoms with E-state index in [9.17, 15) is 23.6 Å². The zero-order chi connectivity index (χ0) is 14.1. The number of benzene rings is 1. The molecule has 0 bridgehead atoms. The number of nitrogens with zero attached hydrogens (tertiary/aromatic N) is 1. The lowest BCUT2D eigenvalue weighted by Gasteiger charge is -2.24. The number of hydrogen-bond acceptors (Lipinski definition) is 5. The van der Waals surface area contributed by atoms with Gasteiger partial charge in [-0.2, -0.15) is 0 Å². The van der Waals surface area contributed by atoms with Crippen LogP contribution in [0.3, 0.4) is 0 Å². The van der Waals surface area contributed by atoms with E-state index in [-0.39, 0.29) is 11.3 Å². The Kier molecular flexibility index (Phi) is 4.73. The molecule has 18 heavy (non-hydrogen) atoms. The predicted molar refractivity (Wildman–Crippen MR) is 78.6 cm³/mol. The van der Waals surface area contributed by atoms with Crippen molar-refractivity contribution >= 4 is 54.0 Å². The number of halogens is 2. The molecule has 0 aliphatic rings. The van der Waals surface area contributed by atoms with E-state index in [1.165, 1.54) is 18.2 Å². The van der Waals surface area contributed by atoms with E-state index in [1.807, 2.05) is 0 Å². The number of nitro benzene ring substituents is 1. The second-order valence-corrected chi connectivity index (χ2v) is 11.5. The number of non-ortho nitro benzene ring substituents is 1. The third-order valence-electron chi connectivity index (χ3n) is 2.21. The second kappa shape index (κ2) is 5.39. The molecule has 0 saturated heterocycles. The van der Waals surface area contributed by atoms with Gasteiger partial charge in [0.15, 0.2) is 9.84 Å². The van der Waals surface area contributed by atoms with Gasteiger partial charge in [-0.1, -0.05) is 28.1 Å². The van der Waals surface area contributed by atoms with Crippen LogP contribution < -0.4 is 0 Å². The van der Waals surface area contributed by atoms with Crippen molar-refractivity contribution in [3.8, 4) is 0 Å². The average Bonchev–Trinajstić information content (AvgIpc) is 2.26. The summed E-state index contributed by atoms with van der Waals surface area (Å²) in [5.74, 6) is 0. The topological polar surface area (TPSA) is 97.5 Å². The number of nitro groups is 1. The van der Waals surface area contributed by atoms with Crippen molar-refractivity contribution in [1.82, 2.24) is 0 Å². The third kappa shape index (κ3) is 3.19. The van der Waals surface area contributed by atoms with Gasteiger partial charge in [-0.15, -0.1) is 0 Å². The van der Waals surface area contributed by atoms with Crippen LogP contribution in [-0.2, 0) is 9.84 Å². The molecule has 0 saturated carbocycles. The lowest BCUT2D eigenvalue weighted by Crippen LogP contribution is -2.31. The van der Waals surface area contributed by atoms with Gasteiger partial charge in [-0.25, -0.2) is 8.42 Å². The summed E-state index contributed by atoms with van der Waals surface area (Å²) in [7, 11) is -3.60. The van der Waals surface area contributed by atoms with Gasteiger partial charge in [0, 0.05) is 18.4 Å². The molecule has 6 nitrogen and oxygen atoms in total. The number of aliphatic hydroxyl groups excluding tert-OH is 1. The van der Waals surface area contributed by atoms with Crippen molar-refractivity contribution in [3.63, 3.8) is 0 Å². The summed E-state index contributed by atoms with van der Waals surface area (Å²) in [6, 6.07) is 5.22. The fourth-order valence-electron chi connectivity index (χ4n) is 1.21. The molecule has 100 valence electrons. The van der Waals surface area contributed by atoms with Crippen molar-refractivity contribution in [2.45, 2.75) is 7.77 Å². The van der Waals surface area contributed by atoms with Gasteiger partial charge in [0.1, 0.15) is 6.10 Å². The van der Waals surface area contributed by atoms with Gasteiger partial charge in [0.25, 0.3) is 5.69 Å². The van der Waals surface area contributed by atoms with Crippen molar-refractivity contribution in [2.24, 2.45) is 0 Å². The molecule has 0 fully saturated rings. The molecule has 0 amide bonds. The minimum absolute atomic E-state index is 0.154. The molecule has 1 N–H and O–H groups in total. The first kappa shape index (κ1) is 15.8. The first-order valence-corrected chi connectivity index (χ1v) is 8.33. The number of sulfone groups is 1. The maximum atomic E-state index is 11.5. The molecule has 0 unspecified atom stereocenters. The summed E-state index contributed by atoms with van der Waals surface area (Å²) in [6.45, 7) is 0. The molecule has 0 radical (unpaired) electrons. The van der Waals surface area contributed by atoms with Gasteiger partial charge in [-0.05, 0) is 28.2 Å². The molecular weight excluding hydrogens is 441 g/mol. The van der Waals surface area contributed by atoms with Crippen LogP contribution in [0.4, 0.5) is 5.69 Å². The molecule has 9 heteroatoms.